The average Bonchev–Trinajstić information content (AvgIpc) is 3.43. The van der Waals surface area contributed by atoms with Crippen molar-refractivity contribution < 1.29 is 34.2 Å². The number of carbonyl (C=O) groups is 2. The van der Waals surface area contributed by atoms with Crippen molar-refractivity contribution in [3.8, 4) is 11.8 Å². The molecule has 2 rings (SSSR count). The number of nitrogens with two attached hydrogens (primary N) is 1. The number of esters is 2. The normalized spacial score (nSPS) is 12.2. The molecule has 0 aliphatic carbocycles. The molecule has 0 saturated heterocycles. The van der Waals surface area contributed by atoms with Gasteiger partial charge in [-0.1, -0.05) is 39.5 Å². The van der Waals surface area contributed by atoms with Crippen LogP contribution in [0.4, 0.5) is 11.4 Å². The third-order valence-corrected chi connectivity index (χ3v) is 7.10. The Hall–Kier alpha value is -2.98. The summed E-state index contributed by atoms with van der Waals surface area (Å²) in [4.78, 5) is 34.6. The number of aliphatic hydroxyl groups excluding tert-OH is 2. The summed E-state index contributed by atoms with van der Waals surface area (Å²) in [6.07, 6.45) is 0.270. The first-order valence-corrected chi connectivity index (χ1v) is 12.7. The predicted molar refractivity (Wildman–Crippen MR) is 139 cm³/mol. The summed E-state index contributed by atoms with van der Waals surface area (Å²) in [7, 11) is 2.49. The van der Waals surface area contributed by atoms with Crippen LogP contribution in [0.1, 0.15) is 63.2 Å². The summed E-state index contributed by atoms with van der Waals surface area (Å²) >= 11 is 2.21. The molecule has 0 spiro atoms. The number of ether oxygens (including phenoxy) is 2. The van der Waals surface area contributed by atoms with Gasteiger partial charge in [0, 0.05) is 10.9 Å². The van der Waals surface area contributed by atoms with Crippen molar-refractivity contribution in [1.82, 2.24) is 0 Å². The van der Waals surface area contributed by atoms with Crippen LogP contribution in [0, 0.1) is 33.8 Å². The van der Waals surface area contributed by atoms with Crippen LogP contribution in [-0.4, -0.2) is 53.5 Å². The number of hydrogen-bond acceptors (Lipinski definition) is 11. The monoisotopic (exact) mass is 540 g/mol. The molecule has 4 N–H and O–H groups in total. The molecule has 36 heavy (non-hydrogen) atoms. The van der Waals surface area contributed by atoms with Crippen LogP contribution >= 0.6 is 22.7 Å². The highest BCUT2D eigenvalue weighted by atomic mass is 32.1. The maximum Gasteiger partial charge on any atom is 0.355 e. The molecule has 10 nitrogen and oxygen atoms in total. The Bertz CT molecular complexity index is 1110. The lowest BCUT2D eigenvalue weighted by atomic mass is 10.0. The van der Waals surface area contributed by atoms with E-state index in [2.05, 4.69) is 21.3 Å². The number of rotatable bonds is 8. The predicted octanol–water partition coefficient (Wildman–Crippen LogP) is 3.88. The van der Waals surface area contributed by atoms with Gasteiger partial charge in [-0.2, -0.15) is 0 Å². The Morgan fingerprint density at radius 2 is 1.64 bits per heavy atom. The van der Waals surface area contributed by atoms with Crippen molar-refractivity contribution in [2.45, 2.75) is 52.7 Å². The number of nitro groups is 1. The molecule has 0 amide bonds. The zero-order valence-corrected chi connectivity index (χ0v) is 22.7. The Balaban J connectivity index is 0.000000362. The number of nitrogen functional groups attached to an aromatic ring is 1. The highest BCUT2D eigenvalue weighted by molar-refractivity contribution is 7.15. The molecule has 2 aromatic heterocycles. The summed E-state index contributed by atoms with van der Waals surface area (Å²) in [6, 6.07) is 2.99. The summed E-state index contributed by atoms with van der Waals surface area (Å²) in [6.45, 7) is 7.56. The van der Waals surface area contributed by atoms with E-state index in [-0.39, 0.29) is 28.5 Å². The molecule has 0 aliphatic heterocycles. The maximum atomic E-state index is 11.4. The van der Waals surface area contributed by atoms with Crippen molar-refractivity contribution in [1.29, 1.82) is 0 Å². The lowest BCUT2D eigenvalue weighted by Gasteiger charge is -2.12. The number of aryl methyl sites for hydroxylation is 1. The number of methoxy groups -OCH3 is 2. The number of thiophene rings is 2. The number of carbonyl (C=O) groups excluding carboxylic acids is 2. The van der Waals surface area contributed by atoms with Crippen LogP contribution in [0.5, 0.6) is 0 Å². The first-order valence-electron chi connectivity index (χ1n) is 11.0. The minimum Gasteiger partial charge on any atom is -0.465 e. The van der Waals surface area contributed by atoms with Gasteiger partial charge in [-0.05, 0) is 30.7 Å². The minimum absolute atomic E-state index is 0.0393. The van der Waals surface area contributed by atoms with E-state index >= 15 is 0 Å². The van der Waals surface area contributed by atoms with Crippen LogP contribution < -0.4 is 5.73 Å². The molecule has 2 heterocycles. The smallest absolute Gasteiger partial charge is 0.355 e. The lowest BCUT2D eigenvalue weighted by molar-refractivity contribution is -0.384. The van der Waals surface area contributed by atoms with Gasteiger partial charge in [0.25, 0.3) is 5.69 Å². The minimum atomic E-state index is -0.817. The zero-order valence-electron chi connectivity index (χ0n) is 21.1. The van der Waals surface area contributed by atoms with E-state index < -0.39 is 23.0 Å². The molecule has 12 heteroatoms. The van der Waals surface area contributed by atoms with Crippen molar-refractivity contribution >= 4 is 46.0 Å². The topological polar surface area (TPSA) is 162 Å². The number of anilines is 1. The Morgan fingerprint density at radius 3 is 2.14 bits per heavy atom. The van der Waals surface area contributed by atoms with Crippen molar-refractivity contribution in [3.05, 3.63) is 41.8 Å². The second-order valence-electron chi connectivity index (χ2n) is 8.37. The molecule has 198 valence electrons. The maximum absolute atomic E-state index is 11.4. The largest absolute Gasteiger partial charge is 0.465 e. The van der Waals surface area contributed by atoms with E-state index in [9.17, 15) is 29.9 Å². The average molecular weight is 541 g/mol. The molecule has 0 radical (unpaired) electrons. The van der Waals surface area contributed by atoms with Crippen LogP contribution in [0.25, 0.3) is 0 Å². The van der Waals surface area contributed by atoms with Crippen molar-refractivity contribution in [2.75, 3.05) is 20.0 Å². The fourth-order valence-corrected chi connectivity index (χ4v) is 4.50. The summed E-state index contributed by atoms with van der Waals surface area (Å²) < 4.78 is 9.11. The van der Waals surface area contributed by atoms with E-state index in [1.807, 2.05) is 13.8 Å². The quantitative estimate of drug-likeness (QED) is 0.195. The van der Waals surface area contributed by atoms with Crippen LogP contribution in [-0.2, 0) is 15.9 Å². The second kappa shape index (κ2) is 14.5. The van der Waals surface area contributed by atoms with Crippen LogP contribution in [0.3, 0.4) is 0 Å². The highest BCUT2D eigenvalue weighted by Gasteiger charge is 2.25. The van der Waals surface area contributed by atoms with Gasteiger partial charge < -0.3 is 25.4 Å². The molecular formula is C24H32N2O8S2. The molecule has 0 aromatic carbocycles. The number of aliphatic hydroxyl groups is 2. The van der Waals surface area contributed by atoms with Gasteiger partial charge in [-0.15, -0.1) is 22.7 Å². The van der Waals surface area contributed by atoms with E-state index in [0.717, 1.165) is 29.7 Å². The van der Waals surface area contributed by atoms with E-state index in [1.54, 1.807) is 19.9 Å². The lowest BCUT2D eigenvalue weighted by Crippen LogP contribution is -2.14. The molecule has 0 fully saturated rings. The van der Waals surface area contributed by atoms with Gasteiger partial charge in [-0.3, -0.25) is 10.1 Å². The van der Waals surface area contributed by atoms with E-state index in [4.69, 9.17) is 5.73 Å². The fourth-order valence-electron chi connectivity index (χ4n) is 2.59. The molecular weight excluding hydrogens is 508 g/mol. The molecule has 0 saturated carbocycles. The van der Waals surface area contributed by atoms with Crippen LogP contribution in [0.2, 0.25) is 0 Å². The van der Waals surface area contributed by atoms with E-state index in [1.165, 1.54) is 24.5 Å². The first kappa shape index (κ1) is 31.1. The van der Waals surface area contributed by atoms with E-state index in [0.29, 0.717) is 21.9 Å². The van der Waals surface area contributed by atoms with Crippen molar-refractivity contribution in [2.24, 2.45) is 11.8 Å². The first-order chi connectivity index (χ1) is 16.8. The Morgan fingerprint density at radius 1 is 1.06 bits per heavy atom. The Kier molecular flexibility index (Phi) is 12.5. The number of nitrogens with zero attached hydrogens (tertiary/aromatic N) is 1. The van der Waals surface area contributed by atoms with Gasteiger partial charge >= 0.3 is 11.9 Å². The molecule has 0 bridgehead atoms. The van der Waals surface area contributed by atoms with Gasteiger partial charge in [0.2, 0.25) is 0 Å². The fraction of sp³-hybridized carbons (Fsp3) is 0.500. The summed E-state index contributed by atoms with van der Waals surface area (Å²) in [5, 5.41) is 30.0. The van der Waals surface area contributed by atoms with Gasteiger partial charge in [-0.25, -0.2) is 9.59 Å². The van der Waals surface area contributed by atoms with Gasteiger partial charge in [0.05, 0.1) is 35.8 Å². The van der Waals surface area contributed by atoms with Gasteiger partial charge in [0.1, 0.15) is 11.0 Å². The Labute approximate surface area is 218 Å². The summed E-state index contributed by atoms with van der Waals surface area (Å²) in [5.41, 5.74) is 5.85. The zero-order chi connectivity index (χ0) is 27.6. The highest BCUT2D eigenvalue weighted by Crippen LogP contribution is 2.29. The molecule has 0 aliphatic rings. The second-order valence-corrected chi connectivity index (χ2v) is 10.6. The third kappa shape index (κ3) is 9.23. The third-order valence-electron chi connectivity index (χ3n) is 4.89. The van der Waals surface area contributed by atoms with Crippen molar-refractivity contribution in [3.63, 3.8) is 0 Å². The number of hydrogen-bond donors (Lipinski definition) is 3. The summed E-state index contributed by atoms with van der Waals surface area (Å²) in [5.74, 6) is 4.24. The van der Waals surface area contributed by atoms with Gasteiger partial charge in [0.15, 0.2) is 4.88 Å². The molecule has 2 unspecified atom stereocenters. The molecule has 2 atom stereocenters. The SMILES string of the molecule is COC(=O)c1sc(C#CC(O)C(C)C)cc1[N+](=O)[O-].COC(=O)c1sc(CCC(O)C(C)C)cc1N. The standard InChI is InChI=1S/C12H13NO5S.C12H19NO3S/c1-7(2)10(14)5-4-8-6-9(13(16)17)11(19-8)12(15)18-3;1-7(2)10(14)5-4-8-6-9(13)11(17-8)12(15)16-3/h6-7,10,14H,1-3H3;6-7,10,14H,4-5,13H2,1-3H3. The van der Waals surface area contributed by atoms with Crippen LogP contribution in [0.15, 0.2) is 12.1 Å². The molecule has 2 aromatic rings.